The molecule has 0 unspecified atom stereocenters. The lowest BCUT2D eigenvalue weighted by molar-refractivity contribution is 1.28. The summed E-state index contributed by atoms with van der Waals surface area (Å²) in [6.07, 6.45) is 2.53. The third kappa shape index (κ3) is 2.71. The summed E-state index contributed by atoms with van der Waals surface area (Å²) in [7, 11) is 0. The van der Waals surface area contributed by atoms with Crippen LogP contribution in [0.5, 0.6) is 0 Å². The van der Waals surface area contributed by atoms with E-state index in [-0.39, 0.29) is 0 Å². The molecule has 0 atom stereocenters. The summed E-state index contributed by atoms with van der Waals surface area (Å²) >= 11 is 17.1. The zero-order valence-corrected chi connectivity index (χ0v) is 8.50. The van der Waals surface area contributed by atoms with Gasteiger partial charge in [-0.3, -0.25) is 0 Å². The Labute approximate surface area is 86.7 Å². The predicted octanol–water partition coefficient (Wildman–Crippen LogP) is 4.29. The van der Waals surface area contributed by atoms with Gasteiger partial charge in [-0.2, -0.15) is 0 Å². The molecule has 1 aromatic carbocycles. The van der Waals surface area contributed by atoms with Gasteiger partial charge in [0.2, 0.25) is 0 Å². The highest BCUT2D eigenvalue weighted by atomic mass is 35.5. The number of allylic oxidation sites excluding steroid dienone is 1. The van der Waals surface area contributed by atoms with Crippen molar-refractivity contribution in [1.82, 2.24) is 0 Å². The average molecular weight is 222 g/mol. The Morgan fingerprint density at radius 1 is 1.25 bits per heavy atom. The third-order valence-electron chi connectivity index (χ3n) is 1.43. The molecule has 0 nitrogen and oxygen atoms in total. The lowest BCUT2D eigenvalue weighted by atomic mass is 10.1. The summed E-state index contributed by atoms with van der Waals surface area (Å²) in [6, 6.07) is 5.37. The van der Waals surface area contributed by atoms with Gasteiger partial charge in [0.25, 0.3) is 0 Å². The van der Waals surface area contributed by atoms with Gasteiger partial charge in [0.05, 0.1) is 0 Å². The fourth-order valence-corrected chi connectivity index (χ4v) is 1.35. The highest BCUT2D eigenvalue weighted by Crippen LogP contribution is 2.21. The molecular formula is C9H7Cl3. The van der Waals surface area contributed by atoms with Crippen molar-refractivity contribution in [2.45, 2.75) is 6.42 Å². The van der Waals surface area contributed by atoms with Crippen molar-refractivity contribution in [3.63, 3.8) is 0 Å². The van der Waals surface area contributed by atoms with Crippen LogP contribution in [-0.4, -0.2) is 0 Å². The second-order valence-corrected chi connectivity index (χ2v) is 3.40. The number of hydrogen-bond acceptors (Lipinski definition) is 0. The van der Waals surface area contributed by atoms with Crippen LogP contribution in [0.15, 0.2) is 29.8 Å². The maximum Gasteiger partial charge on any atom is 0.0442 e. The van der Waals surface area contributed by atoms with Gasteiger partial charge in [-0.1, -0.05) is 40.9 Å². The number of benzene rings is 1. The average Bonchev–Trinajstić information content (AvgIpc) is 2.07. The Hall–Kier alpha value is -0.170. The standard InChI is InChI=1S/C9H7Cl3/c10-5-1-2-7-6-8(11)3-4-9(7)12/h1,3-6H,2H2/b5-1+. The fourth-order valence-electron chi connectivity index (χ4n) is 0.871. The lowest BCUT2D eigenvalue weighted by Crippen LogP contribution is -1.82. The van der Waals surface area contributed by atoms with Gasteiger partial charge in [0, 0.05) is 15.6 Å². The third-order valence-corrected chi connectivity index (χ3v) is 2.22. The minimum absolute atomic E-state index is 0.692. The first-order chi connectivity index (χ1) is 5.74. The summed E-state index contributed by atoms with van der Waals surface area (Å²) < 4.78 is 0. The predicted molar refractivity (Wildman–Crippen MR) is 55.2 cm³/mol. The van der Waals surface area contributed by atoms with E-state index in [1.807, 2.05) is 12.1 Å². The minimum Gasteiger partial charge on any atom is -0.0933 e. The van der Waals surface area contributed by atoms with E-state index < -0.39 is 0 Å². The molecule has 0 N–H and O–H groups in total. The van der Waals surface area contributed by atoms with Crippen molar-refractivity contribution in [2.75, 3.05) is 0 Å². The van der Waals surface area contributed by atoms with Crippen molar-refractivity contribution in [2.24, 2.45) is 0 Å². The first-order valence-corrected chi connectivity index (χ1v) is 4.62. The van der Waals surface area contributed by atoms with Crippen LogP contribution in [0, 0.1) is 0 Å². The molecule has 0 aliphatic rings. The Kier molecular flexibility index (Phi) is 3.93. The number of halogens is 3. The Balaban J connectivity index is 2.89. The summed E-state index contributed by atoms with van der Waals surface area (Å²) in [5.74, 6) is 0. The van der Waals surface area contributed by atoms with Crippen LogP contribution in [0.1, 0.15) is 5.56 Å². The summed E-state index contributed by atoms with van der Waals surface area (Å²) in [5, 5.41) is 1.41. The van der Waals surface area contributed by atoms with E-state index in [1.165, 1.54) is 5.54 Å². The van der Waals surface area contributed by atoms with Crippen molar-refractivity contribution < 1.29 is 0 Å². The Bertz CT molecular complexity index is 292. The molecule has 1 rings (SSSR count). The topological polar surface area (TPSA) is 0 Å². The Morgan fingerprint density at radius 3 is 2.67 bits per heavy atom. The van der Waals surface area contributed by atoms with E-state index in [0.717, 1.165) is 5.56 Å². The Morgan fingerprint density at radius 2 is 2.00 bits per heavy atom. The van der Waals surface area contributed by atoms with Crippen LogP contribution in [0.25, 0.3) is 0 Å². The van der Waals surface area contributed by atoms with Gasteiger partial charge in [0.15, 0.2) is 0 Å². The second-order valence-electron chi connectivity index (χ2n) is 2.30. The molecule has 3 heteroatoms. The van der Waals surface area contributed by atoms with Crippen LogP contribution < -0.4 is 0 Å². The van der Waals surface area contributed by atoms with Gasteiger partial charge >= 0.3 is 0 Å². The van der Waals surface area contributed by atoms with Crippen LogP contribution >= 0.6 is 34.8 Å². The summed E-state index contributed by atoms with van der Waals surface area (Å²) in [4.78, 5) is 0. The van der Waals surface area contributed by atoms with E-state index >= 15 is 0 Å². The zero-order chi connectivity index (χ0) is 8.97. The van der Waals surface area contributed by atoms with Crippen LogP contribution in [0.2, 0.25) is 10.0 Å². The molecule has 1 aromatic rings. The molecule has 0 saturated carbocycles. The van der Waals surface area contributed by atoms with E-state index in [0.29, 0.717) is 16.5 Å². The van der Waals surface area contributed by atoms with Crippen LogP contribution in [-0.2, 0) is 6.42 Å². The second kappa shape index (κ2) is 4.76. The molecule has 0 heterocycles. The molecule has 0 amide bonds. The smallest absolute Gasteiger partial charge is 0.0442 e. The molecule has 0 fully saturated rings. The van der Waals surface area contributed by atoms with Gasteiger partial charge in [-0.15, -0.1) is 0 Å². The largest absolute Gasteiger partial charge is 0.0933 e. The summed E-state index contributed by atoms with van der Waals surface area (Å²) in [5.41, 5.74) is 2.46. The highest BCUT2D eigenvalue weighted by Gasteiger charge is 1.98. The molecule has 0 bridgehead atoms. The van der Waals surface area contributed by atoms with E-state index in [1.54, 1.807) is 12.1 Å². The maximum atomic E-state index is 5.90. The number of hydrogen-bond donors (Lipinski definition) is 0. The van der Waals surface area contributed by atoms with Crippen LogP contribution in [0.3, 0.4) is 0 Å². The van der Waals surface area contributed by atoms with E-state index in [9.17, 15) is 0 Å². The van der Waals surface area contributed by atoms with Gasteiger partial charge in [-0.05, 0) is 30.2 Å². The zero-order valence-electron chi connectivity index (χ0n) is 6.23. The lowest BCUT2D eigenvalue weighted by Gasteiger charge is -2.00. The molecule has 0 radical (unpaired) electrons. The highest BCUT2D eigenvalue weighted by molar-refractivity contribution is 6.33. The van der Waals surface area contributed by atoms with E-state index in [2.05, 4.69) is 0 Å². The van der Waals surface area contributed by atoms with Gasteiger partial charge < -0.3 is 0 Å². The molecule has 12 heavy (non-hydrogen) atoms. The molecule has 0 aliphatic heterocycles. The maximum absolute atomic E-state index is 5.90. The van der Waals surface area contributed by atoms with Crippen molar-refractivity contribution in [3.05, 3.63) is 45.4 Å². The first-order valence-electron chi connectivity index (χ1n) is 3.43. The normalized spacial score (nSPS) is 10.9. The minimum atomic E-state index is 0.692. The van der Waals surface area contributed by atoms with Crippen molar-refractivity contribution in [1.29, 1.82) is 0 Å². The molecule has 0 spiro atoms. The number of rotatable bonds is 2. The fraction of sp³-hybridized carbons (Fsp3) is 0.111. The van der Waals surface area contributed by atoms with Crippen molar-refractivity contribution >= 4 is 34.8 Å². The molecule has 0 aromatic heterocycles. The monoisotopic (exact) mass is 220 g/mol. The van der Waals surface area contributed by atoms with E-state index in [4.69, 9.17) is 34.8 Å². The van der Waals surface area contributed by atoms with Gasteiger partial charge in [0.1, 0.15) is 0 Å². The quantitative estimate of drug-likeness (QED) is 0.699. The SMILES string of the molecule is Cl/C=C/Cc1cc(Cl)ccc1Cl. The summed E-state index contributed by atoms with van der Waals surface area (Å²) in [6.45, 7) is 0. The molecular weight excluding hydrogens is 214 g/mol. The molecule has 0 aliphatic carbocycles. The van der Waals surface area contributed by atoms with Gasteiger partial charge in [-0.25, -0.2) is 0 Å². The molecule has 64 valence electrons. The molecule has 0 saturated heterocycles. The first kappa shape index (κ1) is 9.91. The van der Waals surface area contributed by atoms with Crippen LogP contribution in [0.4, 0.5) is 0 Å². The van der Waals surface area contributed by atoms with Crippen molar-refractivity contribution in [3.8, 4) is 0 Å².